The van der Waals surface area contributed by atoms with Crippen LogP contribution in [0, 0.1) is 0 Å². The lowest BCUT2D eigenvalue weighted by molar-refractivity contribution is -0.112. The summed E-state index contributed by atoms with van der Waals surface area (Å²) >= 11 is 0. The third-order valence-electron chi connectivity index (χ3n) is 4.63. The van der Waals surface area contributed by atoms with Crippen molar-refractivity contribution in [3.63, 3.8) is 0 Å². The van der Waals surface area contributed by atoms with E-state index in [1.165, 1.54) is 12.8 Å². The standard InChI is InChI=1S/C15H29NO3/c1-3-16-14(7-6-13-5-4-10-19-13)15(17-2)8-11-18-12-9-15/h13-14,16H,3-12H2,1-2H3. The van der Waals surface area contributed by atoms with Gasteiger partial charge in [0.2, 0.25) is 0 Å². The number of nitrogens with one attached hydrogen (secondary N) is 1. The van der Waals surface area contributed by atoms with E-state index < -0.39 is 0 Å². The lowest BCUT2D eigenvalue weighted by Crippen LogP contribution is -2.55. The molecule has 1 N–H and O–H groups in total. The van der Waals surface area contributed by atoms with E-state index in [9.17, 15) is 0 Å². The second kappa shape index (κ2) is 7.58. The minimum Gasteiger partial charge on any atom is -0.381 e. The van der Waals surface area contributed by atoms with Crippen LogP contribution in [0.3, 0.4) is 0 Å². The number of hydrogen-bond donors (Lipinski definition) is 1. The van der Waals surface area contributed by atoms with Gasteiger partial charge in [0.05, 0.1) is 11.7 Å². The maximum absolute atomic E-state index is 5.93. The van der Waals surface area contributed by atoms with Crippen molar-refractivity contribution in [3.05, 3.63) is 0 Å². The molecule has 2 heterocycles. The van der Waals surface area contributed by atoms with Crippen LogP contribution in [0.4, 0.5) is 0 Å². The molecule has 0 radical (unpaired) electrons. The second-order valence-electron chi connectivity index (χ2n) is 5.70. The molecule has 112 valence electrons. The summed E-state index contributed by atoms with van der Waals surface area (Å²) < 4.78 is 17.2. The van der Waals surface area contributed by atoms with Gasteiger partial charge in [-0.1, -0.05) is 6.92 Å². The predicted molar refractivity (Wildman–Crippen MR) is 75.5 cm³/mol. The van der Waals surface area contributed by atoms with Crippen molar-refractivity contribution in [2.45, 2.75) is 63.2 Å². The Morgan fingerprint density at radius 3 is 2.68 bits per heavy atom. The topological polar surface area (TPSA) is 39.7 Å². The quantitative estimate of drug-likeness (QED) is 0.770. The SMILES string of the molecule is CCNC(CCC1CCCO1)C1(OC)CCOCC1. The second-order valence-corrected chi connectivity index (χ2v) is 5.70. The van der Waals surface area contributed by atoms with Crippen LogP contribution < -0.4 is 5.32 Å². The Morgan fingerprint density at radius 1 is 1.32 bits per heavy atom. The van der Waals surface area contributed by atoms with Crippen molar-refractivity contribution in [2.24, 2.45) is 0 Å². The van der Waals surface area contributed by atoms with E-state index in [1.807, 2.05) is 7.11 Å². The number of hydrogen-bond acceptors (Lipinski definition) is 4. The first kappa shape index (κ1) is 15.2. The Bertz CT molecular complexity index is 248. The third-order valence-corrected chi connectivity index (χ3v) is 4.63. The third kappa shape index (κ3) is 3.91. The van der Waals surface area contributed by atoms with Crippen molar-refractivity contribution >= 4 is 0 Å². The Hall–Kier alpha value is -0.160. The molecule has 0 bridgehead atoms. The number of likely N-dealkylation sites (N-methyl/N-ethyl adjacent to an activating group) is 1. The number of ether oxygens (including phenoxy) is 3. The lowest BCUT2D eigenvalue weighted by atomic mass is 9.83. The van der Waals surface area contributed by atoms with Crippen molar-refractivity contribution in [1.82, 2.24) is 5.32 Å². The van der Waals surface area contributed by atoms with Gasteiger partial charge in [-0.3, -0.25) is 0 Å². The summed E-state index contributed by atoms with van der Waals surface area (Å²) in [5.41, 5.74) is -0.0487. The van der Waals surface area contributed by atoms with E-state index in [0.717, 1.165) is 52.0 Å². The summed E-state index contributed by atoms with van der Waals surface area (Å²) in [7, 11) is 1.85. The van der Waals surface area contributed by atoms with Gasteiger partial charge in [-0.2, -0.15) is 0 Å². The summed E-state index contributed by atoms with van der Waals surface area (Å²) in [6.07, 6.45) is 7.17. The van der Waals surface area contributed by atoms with Crippen LogP contribution in [0.1, 0.15) is 45.4 Å². The fourth-order valence-corrected chi connectivity index (χ4v) is 3.43. The monoisotopic (exact) mass is 271 g/mol. The molecule has 0 aromatic rings. The highest BCUT2D eigenvalue weighted by Gasteiger charge is 2.40. The molecule has 2 saturated heterocycles. The molecular formula is C15H29NO3. The maximum atomic E-state index is 5.93. The van der Waals surface area contributed by atoms with Crippen LogP contribution in [-0.4, -0.2) is 51.2 Å². The minimum absolute atomic E-state index is 0.0487. The molecule has 4 heteroatoms. The summed E-state index contributed by atoms with van der Waals surface area (Å²) in [6.45, 7) is 5.73. The van der Waals surface area contributed by atoms with E-state index in [-0.39, 0.29) is 5.60 Å². The van der Waals surface area contributed by atoms with Crippen LogP contribution in [0.2, 0.25) is 0 Å². The van der Waals surface area contributed by atoms with Gasteiger partial charge >= 0.3 is 0 Å². The molecule has 2 fully saturated rings. The zero-order valence-corrected chi connectivity index (χ0v) is 12.5. The molecule has 0 aliphatic carbocycles. The van der Waals surface area contributed by atoms with Crippen molar-refractivity contribution in [2.75, 3.05) is 33.5 Å². The number of rotatable bonds is 7. The predicted octanol–water partition coefficient (Wildman–Crippen LogP) is 2.12. The molecule has 2 rings (SSSR count). The van der Waals surface area contributed by atoms with Gasteiger partial charge in [0.25, 0.3) is 0 Å². The molecule has 4 nitrogen and oxygen atoms in total. The van der Waals surface area contributed by atoms with Gasteiger partial charge in [-0.25, -0.2) is 0 Å². The largest absolute Gasteiger partial charge is 0.381 e. The highest BCUT2D eigenvalue weighted by Crippen LogP contribution is 2.31. The molecule has 2 aliphatic heterocycles. The Labute approximate surface area is 117 Å². The fraction of sp³-hybridized carbons (Fsp3) is 1.00. The molecule has 2 aliphatic rings. The fourth-order valence-electron chi connectivity index (χ4n) is 3.43. The van der Waals surface area contributed by atoms with Gasteiger partial charge in [0.15, 0.2) is 0 Å². The molecule has 0 spiro atoms. The minimum atomic E-state index is -0.0487. The van der Waals surface area contributed by atoms with E-state index in [4.69, 9.17) is 14.2 Å². The zero-order valence-electron chi connectivity index (χ0n) is 12.5. The van der Waals surface area contributed by atoms with Crippen LogP contribution in [0.15, 0.2) is 0 Å². The molecule has 0 aromatic heterocycles. The van der Waals surface area contributed by atoms with Gasteiger partial charge in [-0.05, 0) is 32.2 Å². The summed E-state index contributed by atoms with van der Waals surface area (Å²) in [6, 6.07) is 0.413. The smallest absolute Gasteiger partial charge is 0.0874 e. The van der Waals surface area contributed by atoms with E-state index in [0.29, 0.717) is 12.1 Å². The Balaban J connectivity index is 1.91. The summed E-state index contributed by atoms with van der Waals surface area (Å²) in [5, 5.41) is 3.63. The van der Waals surface area contributed by atoms with Crippen molar-refractivity contribution < 1.29 is 14.2 Å². The van der Waals surface area contributed by atoms with Gasteiger partial charge in [0, 0.05) is 45.8 Å². The Morgan fingerprint density at radius 2 is 2.11 bits per heavy atom. The van der Waals surface area contributed by atoms with Crippen LogP contribution in [-0.2, 0) is 14.2 Å². The first-order valence-corrected chi connectivity index (χ1v) is 7.78. The van der Waals surface area contributed by atoms with Crippen molar-refractivity contribution in [3.8, 4) is 0 Å². The van der Waals surface area contributed by atoms with Crippen LogP contribution >= 0.6 is 0 Å². The average molecular weight is 271 g/mol. The summed E-state index contributed by atoms with van der Waals surface area (Å²) in [5.74, 6) is 0. The van der Waals surface area contributed by atoms with E-state index in [1.54, 1.807) is 0 Å². The van der Waals surface area contributed by atoms with Gasteiger partial charge in [-0.15, -0.1) is 0 Å². The molecule has 0 aromatic carbocycles. The number of methoxy groups -OCH3 is 1. The first-order chi connectivity index (χ1) is 9.30. The average Bonchev–Trinajstić information content (AvgIpc) is 2.97. The van der Waals surface area contributed by atoms with Crippen LogP contribution in [0.25, 0.3) is 0 Å². The molecule has 0 amide bonds. The molecule has 19 heavy (non-hydrogen) atoms. The highest BCUT2D eigenvalue weighted by molar-refractivity contribution is 4.95. The maximum Gasteiger partial charge on any atom is 0.0874 e. The molecule has 0 saturated carbocycles. The van der Waals surface area contributed by atoms with Gasteiger partial charge < -0.3 is 19.5 Å². The molecular weight excluding hydrogens is 242 g/mol. The zero-order chi connectivity index (χ0) is 13.6. The summed E-state index contributed by atoms with van der Waals surface area (Å²) in [4.78, 5) is 0. The molecule has 2 unspecified atom stereocenters. The van der Waals surface area contributed by atoms with E-state index in [2.05, 4.69) is 12.2 Å². The van der Waals surface area contributed by atoms with Crippen molar-refractivity contribution in [1.29, 1.82) is 0 Å². The van der Waals surface area contributed by atoms with E-state index >= 15 is 0 Å². The van der Waals surface area contributed by atoms with Crippen LogP contribution in [0.5, 0.6) is 0 Å². The lowest BCUT2D eigenvalue weighted by Gasteiger charge is -2.43. The normalized spacial score (nSPS) is 28.4. The first-order valence-electron chi connectivity index (χ1n) is 7.78. The highest BCUT2D eigenvalue weighted by atomic mass is 16.5. The van der Waals surface area contributed by atoms with Gasteiger partial charge in [0.1, 0.15) is 0 Å². The molecule has 2 atom stereocenters. The Kier molecular flexibility index (Phi) is 6.07.